The lowest BCUT2D eigenvalue weighted by Gasteiger charge is -2.13. The van der Waals surface area contributed by atoms with E-state index < -0.39 is 15.4 Å². The highest BCUT2D eigenvalue weighted by Gasteiger charge is 2.22. The van der Waals surface area contributed by atoms with Crippen LogP contribution in [-0.2, 0) is 10.1 Å². The van der Waals surface area contributed by atoms with Gasteiger partial charge in [-0.15, -0.1) is 6.58 Å². The van der Waals surface area contributed by atoms with Crippen molar-refractivity contribution in [1.29, 1.82) is 0 Å². The molecule has 0 amide bonds. The van der Waals surface area contributed by atoms with Gasteiger partial charge in [0, 0.05) is 18.3 Å². The first-order valence-corrected chi connectivity index (χ1v) is 6.03. The van der Waals surface area contributed by atoms with Crippen LogP contribution in [0.1, 0.15) is 25.1 Å². The van der Waals surface area contributed by atoms with Gasteiger partial charge in [-0.3, -0.25) is 4.55 Å². The summed E-state index contributed by atoms with van der Waals surface area (Å²) >= 11 is 0. The highest BCUT2D eigenvalue weighted by molar-refractivity contribution is 7.86. The Hall–Kier alpha value is -1.14. The van der Waals surface area contributed by atoms with Crippen molar-refractivity contribution in [2.45, 2.75) is 24.5 Å². The molecule has 0 aliphatic heterocycles. The summed E-state index contributed by atoms with van der Waals surface area (Å²) in [6.45, 7) is 5.07. The molecule has 2 N–H and O–H groups in total. The number of hydrogen-bond acceptors (Lipinski definition) is 3. The molecule has 1 aromatic rings. The second-order valence-electron chi connectivity index (χ2n) is 3.38. The lowest BCUT2D eigenvalue weighted by molar-refractivity contribution is 0.462. The van der Waals surface area contributed by atoms with E-state index in [0.29, 0.717) is 5.82 Å². The summed E-state index contributed by atoms with van der Waals surface area (Å²) in [5.41, 5.74) is 0. The van der Waals surface area contributed by atoms with Crippen molar-refractivity contribution in [1.82, 2.24) is 9.97 Å². The third-order valence-electron chi connectivity index (χ3n) is 2.25. The smallest absolute Gasteiger partial charge is 0.267 e. The minimum absolute atomic E-state index is 0.197. The summed E-state index contributed by atoms with van der Waals surface area (Å²) in [6, 6.07) is 0. The second kappa shape index (κ2) is 4.59. The van der Waals surface area contributed by atoms with Gasteiger partial charge in [-0.2, -0.15) is 8.42 Å². The Labute approximate surface area is 89.0 Å². The van der Waals surface area contributed by atoms with E-state index in [4.69, 9.17) is 4.55 Å². The molecule has 6 heteroatoms. The van der Waals surface area contributed by atoms with Crippen LogP contribution in [0.25, 0.3) is 0 Å². The minimum Gasteiger partial charge on any atom is -0.348 e. The number of aromatic nitrogens is 2. The Morgan fingerprint density at radius 3 is 2.80 bits per heavy atom. The van der Waals surface area contributed by atoms with E-state index in [1.165, 1.54) is 6.92 Å². The molecule has 0 bridgehead atoms. The molecule has 0 saturated heterocycles. The number of hydrogen-bond donors (Lipinski definition) is 2. The fourth-order valence-corrected chi connectivity index (χ4v) is 1.73. The standard InChI is InChI=1S/C9H14N2O3S/c1-3-8(9-10-4-5-11-9)6-7(2)15(12,13)14/h3-5,7-8H,1,6H2,2H3,(H,10,11)(H,12,13,14). The van der Waals surface area contributed by atoms with Crippen LogP contribution in [0.15, 0.2) is 25.0 Å². The van der Waals surface area contributed by atoms with Gasteiger partial charge in [-0.25, -0.2) is 4.98 Å². The van der Waals surface area contributed by atoms with E-state index in [0.717, 1.165) is 0 Å². The molecule has 2 unspecified atom stereocenters. The summed E-state index contributed by atoms with van der Waals surface area (Å²) < 4.78 is 30.5. The van der Waals surface area contributed by atoms with Gasteiger partial charge < -0.3 is 4.98 Å². The van der Waals surface area contributed by atoms with Crippen molar-refractivity contribution in [2.75, 3.05) is 0 Å². The summed E-state index contributed by atoms with van der Waals surface area (Å²) in [4.78, 5) is 6.91. The van der Waals surface area contributed by atoms with Crippen molar-refractivity contribution in [3.05, 3.63) is 30.9 Å². The zero-order valence-corrected chi connectivity index (χ0v) is 9.24. The van der Waals surface area contributed by atoms with Gasteiger partial charge in [0.1, 0.15) is 5.82 Å². The van der Waals surface area contributed by atoms with Crippen molar-refractivity contribution < 1.29 is 13.0 Å². The number of allylic oxidation sites excluding steroid dienone is 1. The number of rotatable bonds is 5. The molecule has 2 atom stereocenters. The fourth-order valence-electron chi connectivity index (χ4n) is 1.28. The first kappa shape index (κ1) is 11.9. The molecule has 1 aromatic heterocycles. The summed E-state index contributed by atoms with van der Waals surface area (Å²) in [7, 11) is -3.99. The third kappa shape index (κ3) is 3.17. The molecule has 0 saturated carbocycles. The quantitative estimate of drug-likeness (QED) is 0.590. The topological polar surface area (TPSA) is 83.1 Å². The van der Waals surface area contributed by atoms with E-state index in [1.54, 1.807) is 18.5 Å². The molecule has 5 nitrogen and oxygen atoms in total. The average molecular weight is 230 g/mol. The zero-order chi connectivity index (χ0) is 11.5. The minimum atomic E-state index is -3.99. The maximum atomic E-state index is 10.8. The summed E-state index contributed by atoms with van der Waals surface area (Å²) in [5.74, 6) is 0.456. The van der Waals surface area contributed by atoms with E-state index in [2.05, 4.69) is 16.5 Å². The van der Waals surface area contributed by atoms with Crippen LogP contribution in [0.3, 0.4) is 0 Å². The molecule has 0 aromatic carbocycles. The Morgan fingerprint density at radius 1 is 1.73 bits per heavy atom. The lowest BCUT2D eigenvalue weighted by atomic mass is 10.0. The molecular formula is C9H14N2O3S. The van der Waals surface area contributed by atoms with Crippen molar-refractivity contribution >= 4 is 10.1 Å². The van der Waals surface area contributed by atoms with Crippen molar-refractivity contribution in [2.24, 2.45) is 0 Å². The number of nitrogens with zero attached hydrogens (tertiary/aromatic N) is 1. The van der Waals surface area contributed by atoms with Gasteiger partial charge in [0.15, 0.2) is 0 Å². The monoisotopic (exact) mass is 230 g/mol. The number of aromatic amines is 1. The van der Waals surface area contributed by atoms with Crippen LogP contribution in [0.2, 0.25) is 0 Å². The van der Waals surface area contributed by atoms with E-state index in [9.17, 15) is 8.42 Å². The molecule has 84 valence electrons. The van der Waals surface area contributed by atoms with Gasteiger partial charge in [-0.1, -0.05) is 6.08 Å². The van der Waals surface area contributed by atoms with Crippen LogP contribution in [0.5, 0.6) is 0 Å². The molecule has 0 fully saturated rings. The second-order valence-corrected chi connectivity index (χ2v) is 5.21. The van der Waals surface area contributed by atoms with Gasteiger partial charge in [0.2, 0.25) is 0 Å². The molecular weight excluding hydrogens is 216 g/mol. The van der Waals surface area contributed by atoms with Gasteiger partial charge >= 0.3 is 0 Å². The molecule has 15 heavy (non-hydrogen) atoms. The van der Waals surface area contributed by atoms with Gasteiger partial charge in [0.25, 0.3) is 10.1 Å². The predicted molar refractivity (Wildman–Crippen MR) is 57.2 cm³/mol. The normalized spacial score (nSPS) is 15.9. The number of nitrogens with one attached hydrogen (secondary N) is 1. The molecule has 1 rings (SSSR count). The first-order valence-electron chi connectivity index (χ1n) is 4.53. The third-order valence-corrected chi connectivity index (χ3v) is 3.46. The van der Waals surface area contributed by atoms with Gasteiger partial charge in [0.05, 0.1) is 5.25 Å². The highest BCUT2D eigenvalue weighted by Crippen LogP contribution is 2.21. The van der Waals surface area contributed by atoms with Crippen LogP contribution < -0.4 is 0 Å². The summed E-state index contributed by atoms with van der Waals surface area (Å²) in [6.07, 6.45) is 5.12. The molecule has 1 heterocycles. The molecule has 0 spiro atoms. The lowest BCUT2D eigenvalue weighted by Crippen LogP contribution is -2.19. The highest BCUT2D eigenvalue weighted by atomic mass is 32.2. The Morgan fingerprint density at radius 2 is 2.40 bits per heavy atom. The molecule has 0 aliphatic carbocycles. The zero-order valence-electron chi connectivity index (χ0n) is 8.42. The van der Waals surface area contributed by atoms with Gasteiger partial charge in [-0.05, 0) is 13.3 Å². The van der Waals surface area contributed by atoms with Crippen molar-refractivity contribution in [3.8, 4) is 0 Å². The number of H-pyrrole nitrogens is 1. The van der Waals surface area contributed by atoms with E-state index >= 15 is 0 Å². The first-order chi connectivity index (χ1) is 6.95. The SMILES string of the molecule is C=CC(CC(C)S(=O)(=O)O)c1ncc[nH]1. The Balaban J connectivity index is 2.75. The largest absolute Gasteiger partial charge is 0.348 e. The molecule has 0 radical (unpaired) electrons. The predicted octanol–water partition coefficient (Wildman–Crippen LogP) is 1.35. The van der Waals surface area contributed by atoms with E-state index in [1.807, 2.05) is 0 Å². The average Bonchev–Trinajstić information content (AvgIpc) is 2.64. The summed E-state index contributed by atoms with van der Waals surface area (Å²) in [5, 5.41) is -0.828. The maximum Gasteiger partial charge on any atom is 0.267 e. The maximum absolute atomic E-state index is 10.8. The number of imidazole rings is 1. The van der Waals surface area contributed by atoms with Crippen LogP contribution in [0.4, 0.5) is 0 Å². The van der Waals surface area contributed by atoms with Crippen LogP contribution in [-0.4, -0.2) is 28.2 Å². The Kier molecular flexibility index (Phi) is 3.65. The fraction of sp³-hybridized carbons (Fsp3) is 0.444. The molecule has 0 aliphatic rings. The Bertz CT molecular complexity index is 411. The van der Waals surface area contributed by atoms with Crippen LogP contribution >= 0.6 is 0 Å². The van der Waals surface area contributed by atoms with E-state index in [-0.39, 0.29) is 12.3 Å². The van der Waals surface area contributed by atoms with Crippen molar-refractivity contribution in [3.63, 3.8) is 0 Å². The van der Waals surface area contributed by atoms with Crippen LogP contribution in [0, 0.1) is 0 Å².